The zero-order chi connectivity index (χ0) is 18.0. The van der Waals surface area contributed by atoms with Gasteiger partial charge in [-0.2, -0.15) is 0 Å². The van der Waals surface area contributed by atoms with Crippen molar-refractivity contribution in [3.05, 3.63) is 39.7 Å². The average molecular weight is 358 g/mol. The van der Waals surface area contributed by atoms with E-state index in [1.807, 2.05) is 38.1 Å². The second kappa shape index (κ2) is 7.35. The topological polar surface area (TPSA) is 70.5 Å². The van der Waals surface area contributed by atoms with Gasteiger partial charge in [-0.3, -0.25) is 9.59 Å². The Labute approximate surface area is 151 Å². The standard InChI is InChI=1S/C19H22N2O3S/c1-12-5-7-14(8-6-12)18-16(25-13(2)20-18)10-17(22)21-9-3-4-15(11-21)19(23)24/h5-8,15H,3-4,9-11H2,1-2H3,(H,23,24). The molecule has 1 saturated heterocycles. The number of carboxylic acid groups (broad SMARTS) is 1. The van der Waals surface area contributed by atoms with Gasteiger partial charge in [0.15, 0.2) is 0 Å². The van der Waals surface area contributed by atoms with Crippen molar-refractivity contribution < 1.29 is 14.7 Å². The van der Waals surface area contributed by atoms with Gasteiger partial charge in [0.2, 0.25) is 5.91 Å². The van der Waals surface area contributed by atoms with Crippen molar-refractivity contribution in [2.45, 2.75) is 33.1 Å². The molecule has 1 amide bonds. The number of piperidine rings is 1. The maximum absolute atomic E-state index is 12.7. The monoisotopic (exact) mass is 358 g/mol. The lowest BCUT2D eigenvalue weighted by Gasteiger charge is -2.30. The van der Waals surface area contributed by atoms with Crippen LogP contribution in [0.4, 0.5) is 0 Å². The number of likely N-dealkylation sites (tertiary alicyclic amines) is 1. The Kier molecular flexibility index (Phi) is 5.18. The van der Waals surface area contributed by atoms with E-state index in [1.165, 1.54) is 16.9 Å². The molecule has 1 atom stereocenters. The van der Waals surface area contributed by atoms with E-state index >= 15 is 0 Å². The number of carboxylic acids is 1. The minimum Gasteiger partial charge on any atom is -0.481 e. The molecule has 1 aliphatic heterocycles. The van der Waals surface area contributed by atoms with Gasteiger partial charge < -0.3 is 10.0 Å². The van der Waals surface area contributed by atoms with Gasteiger partial charge >= 0.3 is 5.97 Å². The SMILES string of the molecule is Cc1ccc(-c2nc(C)sc2CC(=O)N2CCCC(C(=O)O)C2)cc1. The van der Waals surface area contributed by atoms with Crippen LogP contribution in [0.3, 0.4) is 0 Å². The quantitative estimate of drug-likeness (QED) is 0.910. The lowest BCUT2D eigenvalue weighted by molar-refractivity contribution is -0.145. The lowest BCUT2D eigenvalue weighted by atomic mass is 9.98. The largest absolute Gasteiger partial charge is 0.481 e. The van der Waals surface area contributed by atoms with Crippen molar-refractivity contribution >= 4 is 23.2 Å². The van der Waals surface area contributed by atoms with E-state index in [0.717, 1.165) is 27.6 Å². The fourth-order valence-electron chi connectivity index (χ4n) is 3.18. The van der Waals surface area contributed by atoms with E-state index < -0.39 is 11.9 Å². The van der Waals surface area contributed by atoms with E-state index in [-0.39, 0.29) is 12.3 Å². The Morgan fingerprint density at radius 1 is 1.28 bits per heavy atom. The summed E-state index contributed by atoms with van der Waals surface area (Å²) in [5.41, 5.74) is 3.06. The van der Waals surface area contributed by atoms with Gasteiger partial charge in [-0.05, 0) is 26.7 Å². The van der Waals surface area contributed by atoms with Crippen LogP contribution in [0.2, 0.25) is 0 Å². The minimum atomic E-state index is -0.813. The van der Waals surface area contributed by atoms with Gasteiger partial charge in [-0.1, -0.05) is 29.8 Å². The molecule has 2 aromatic rings. The number of hydrogen-bond donors (Lipinski definition) is 1. The summed E-state index contributed by atoms with van der Waals surface area (Å²) >= 11 is 1.54. The van der Waals surface area contributed by atoms with E-state index in [9.17, 15) is 14.7 Å². The molecular weight excluding hydrogens is 336 g/mol. The van der Waals surface area contributed by atoms with Crippen LogP contribution in [0.15, 0.2) is 24.3 Å². The molecule has 1 aromatic carbocycles. The number of hydrogen-bond acceptors (Lipinski definition) is 4. The van der Waals surface area contributed by atoms with Crippen LogP contribution in [-0.2, 0) is 16.0 Å². The molecule has 1 fully saturated rings. The van der Waals surface area contributed by atoms with E-state index in [1.54, 1.807) is 4.90 Å². The lowest BCUT2D eigenvalue weighted by Crippen LogP contribution is -2.42. The average Bonchev–Trinajstić information content (AvgIpc) is 2.96. The summed E-state index contributed by atoms with van der Waals surface area (Å²) in [5, 5.41) is 10.1. The van der Waals surface area contributed by atoms with Crippen molar-refractivity contribution in [1.29, 1.82) is 0 Å². The minimum absolute atomic E-state index is 0.0111. The first kappa shape index (κ1) is 17.6. The zero-order valence-corrected chi connectivity index (χ0v) is 15.3. The molecule has 1 unspecified atom stereocenters. The zero-order valence-electron chi connectivity index (χ0n) is 14.5. The van der Waals surface area contributed by atoms with E-state index in [2.05, 4.69) is 4.98 Å². The summed E-state index contributed by atoms with van der Waals surface area (Å²) in [6.07, 6.45) is 1.67. The van der Waals surface area contributed by atoms with Crippen LogP contribution in [0, 0.1) is 19.8 Å². The summed E-state index contributed by atoms with van der Waals surface area (Å²) in [4.78, 5) is 31.1. The van der Waals surface area contributed by atoms with Crippen molar-refractivity contribution in [1.82, 2.24) is 9.88 Å². The fraction of sp³-hybridized carbons (Fsp3) is 0.421. The van der Waals surface area contributed by atoms with Gasteiger partial charge in [0.1, 0.15) is 0 Å². The van der Waals surface area contributed by atoms with Gasteiger partial charge in [-0.25, -0.2) is 4.98 Å². The molecule has 1 aromatic heterocycles. The second-order valence-corrected chi connectivity index (χ2v) is 7.85. The molecular formula is C19H22N2O3S. The Hall–Kier alpha value is -2.21. The van der Waals surface area contributed by atoms with Crippen LogP contribution in [0.25, 0.3) is 11.3 Å². The molecule has 0 spiro atoms. The molecule has 5 nitrogen and oxygen atoms in total. The molecule has 2 heterocycles. The molecule has 132 valence electrons. The summed E-state index contributed by atoms with van der Waals surface area (Å²) in [6.45, 7) is 4.93. The van der Waals surface area contributed by atoms with E-state index in [0.29, 0.717) is 19.5 Å². The van der Waals surface area contributed by atoms with Crippen molar-refractivity contribution in [2.75, 3.05) is 13.1 Å². The molecule has 25 heavy (non-hydrogen) atoms. The highest BCUT2D eigenvalue weighted by molar-refractivity contribution is 7.12. The summed E-state index contributed by atoms with van der Waals surface area (Å²) < 4.78 is 0. The molecule has 0 bridgehead atoms. The fourth-order valence-corrected chi connectivity index (χ4v) is 4.13. The third-order valence-corrected chi connectivity index (χ3v) is 5.54. The summed E-state index contributed by atoms with van der Waals surface area (Å²) in [6, 6.07) is 8.13. The maximum Gasteiger partial charge on any atom is 0.308 e. The number of rotatable bonds is 4. The van der Waals surface area contributed by atoms with Crippen LogP contribution in [-0.4, -0.2) is 40.0 Å². The van der Waals surface area contributed by atoms with Gasteiger partial charge in [0, 0.05) is 23.5 Å². The summed E-state index contributed by atoms with van der Waals surface area (Å²) in [7, 11) is 0. The molecule has 0 aliphatic carbocycles. The van der Waals surface area contributed by atoms with Crippen molar-refractivity contribution in [3.8, 4) is 11.3 Å². The van der Waals surface area contributed by atoms with Crippen molar-refractivity contribution in [3.63, 3.8) is 0 Å². The summed E-state index contributed by atoms with van der Waals surface area (Å²) in [5.74, 6) is -1.27. The molecule has 0 saturated carbocycles. The highest BCUT2D eigenvalue weighted by Crippen LogP contribution is 2.29. The van der Waals surface area contributed by atoms with Gasteiger partial charge in [-0.15, -0.1) is 11.3 Å². The van der Waals surface area contributed by atoms with Crippen molar-refractivity contribution in [2.24, 2.45) is 5.92 Å². The third kappa shape index (κ3) is 4.07. The Bertz CT molecular complexity index is 782. The molecule has 0 radical (unpaired) electrons. The number of thiazole rings is 1. The van der Waals surface area contributed by atoms with Crippen LogP contribution < -0.4 is 0 Å². The van der Waals surface area contributed by atoms with Gasteiger partial charge in [0.05, 0.1) is 23.0 Å². The smallest absolute Gasteiger partial charge is 0.308 e. The van der Waals surface area contributed by atoms with Crippen LogP contribution >= 0.6 is 11.3 Å². The molecule has 1 N–H and O–H groups in total. The first-order valence-electron chi connectivity index (χ1n) is 8.48. The predicted octanol–water partition coefficient (Wildman–Crippen LogP) is 3.29. The number of aryl methyl sites for hydroxylation is 2. The maximum atomic E-state index is 12.7. The molecule has 1 aliphatic rings. The first-order valence-corrected chi connectivity index (χ1v) is 9.29. The normalized spacial score (nSPS) is 17.5. The highest BCUT2D eigenvalue weighted by Gasteiger charge is 2.28. The number of nitrogens with zero attached hydrogens (tertiary/aromatic N) is 2. The predicted molar refractivity (Wildman–Crippen MR) is 97.7 cm³/mol. The first-order chi connectivity index (χ1) is 11.9. The second-order valence-electron chi connectivity index (χ2n) is 6.56. The molecule has 6 heteroatoms. The van der Waals surface area contributed by atoms with Crippen LogP contribution in [0.1, 0.15) is 28.3 Å². The number of aromatic nitrogens is 1. The number of amides is 1. The van der Waals surface area contributed by atoms with Crippen LogP contribution in [0.5, 0.6) is 0 Å². The Balaban J connectivity index is 1.77. The number of aliphatic carboxylic acids is 1. The Morgan fingerprint density at radius 2 is 2.00 bits per heavy atom. The highest BCUT2D eigenvalue weighted by atomic mass is 32.1. The Morgan fingerprint density at radius 3 is 2.68 bits per heavy atom. The third-order valence-electron chi connectivity index (χ3n) is 4.56. The number of carbonyl (C=O) groups is 2. The molecule has 3 rings (SSSR count). The number of carbonyl (C=O) groups excluding carboxylic acids is 1. The number of benzene rings is 1. The van der Waals surface area contributed by atoms with E-state index in [4.69, 9.17) is 0 Å². The van der Waals surface area contributed by atoms with Gasteiger partial charge in [0.25, 0.3) is 0 Å².